The number of pyridine rings is 1. The minimum absolute atomic E-state index is 0.0141. The Morgan fingerprint density at radius 2 is 2.28 bits per heavy atom. The van der Waals surface area contributed by atoms with Crippen LogP contribution in [0.3, 0.4) is 0 Å². The van der Waals surface area contributed by atoms with Crippen molar-refractivity contribution in [3.8, 4) is 0 Å². The molecule has 0 aliphatic carbocycles. The van der Waals surface area contributed by atoms with Crippen LogP contribution >= 0.6 is 11.6 Å². The molecule has 0 unspecified atom stereocenters. The van der Waals surface area contributed by atoms with E-state index in [0.717, 1.165) is 5.01 Å². The van der Waals surface area contributed by atoms with Gasteiger partial charge in [-0.25, -0.2) is 9.80 Å². The number of hydrazone groups is 1. The van der Waals surface area contributed by atoms with E-state index in [1.54, 1.807) is 12.3 Å². The van der Waals surface area contributed by atoms with Gasteiger partial charge in [-0.15, -0.1) is 0 Å². The van der Waals surface area contributed by atoms with Crippen molar-refractivity contribution in [1.82, 2.24) is 9.99 Å². The number of aromatic nitrogens is 1. The second kappa shape index (κ2) is 5.14. The van der Waals surface area contributed by atoms with Gasteiger partial charge in [0.2, 0.25) is 5.91 Å². The zero-order chi connectivity index (χ0) is 13.1. The molecule has 0 saturated heterocycles. The first-order chi connectivity index (χ1) is 8.58. The molecule has 1 aromatic rings. The second-order valence-corrected chi connectivity index (χ2v) is 4.18. The SMILES string of the molecule is O=C(O)C1=NN(Cc2ccncc2Cl)C(=O)CC1. The topological polar surface area (TPSA) is 82.9 Å². The van der Waals surface area contributed by atoms with E-state index in [-0.39, 0.29) is 31.0 Å². The van der Waals surface area contributed by atoms with Crippen molar-refractivity contribution < 1.29 is 14.7 Å². The number of carboxylic acids is 1. The summed E-state index contributed by atoms with van der Waals surface area (Å²) in [6.45, 7) is 0.150. The fourth-order valence-corrected chi connectivity index (χ4v) is 1.75. The molecule has 0 aromatic carbocycles. The molecule has 6 nitrogen and oxygen atoms in total. The minimum atomic E-state index is -1.10. The van der Waals surface area contributed by atoms with Gasteiger partial charge in [0, 0.05) is 25.2 Å². The molecule has 0 radical (unpaired) electrons. The number of halogens is 1. The summed E-state index contributed by atoms with van der Waals surface area (Å²) < 4.78 is 0. The lowest BCUT2D eigenvalue weighted by Crippen LogP contribution is -2.33. The molecule has 1 aliphatic heterocycles. The van der Waals surface area contributed by atoms with Crippen molar-refractivity contribution in [3.63, 3.8) is 0 Å². The fraction of sp³-hybridized carbons (Fsp3) is 0.273. The lowest BCUT2D eigenvalue weighted by molar-refractivity contribution is -0.133. The van der Waals surface area contributed by atoms with Crippen LogP contribution in [0, 0.1) is 0 Å². The standard InChI is InChI=1S/C11H10ClN3O3/c12-8-5-13-4-3-7(8)6-15-10(16)2-1-9(14-15)11(17)18/h3-5H,1-2,6H2,(H,17,18). The van der Waals surface area contributed by atoms with Crippen molar-refractivity contribution in [1.29, 1.82) is 0 Å². The zero-order valence-electron chi connectivity index (χ0n) is 9.34. The van der Waals surface area contributed by atoms with Gasteiger partial charge in [-0.2, -0.15) is 5.10 Å². The number of hydrogen-bond acceptors (Lipinski definition) is 4. The molecule has 7 heteroatoms. The minimum Gasteiger partial charge on any atom is -0.477 e. The molecular weight excluding hydrogens is 258 g/mol. The lowest BCUT2D eigenvalue weighted by Gasteiger charge is -2.22. The van der Waals surface area contributed by atoms with Crippen LogP contribution in [0.15, 0.2) is 23.6 Å². The maximum atomic E-state index is 11.6. The Bertz CT molecular complexity index is 530. The lowest BCUT2D eigenvalue weighted by atomic mass is 10.1. The molecule has 0 spiro atoms. The first kappa shape index (κ1) is 12.5. The number of aliphatic carboxylic acids is 1. The Morgan fingerprint density at radius 3 is 2.94 bits per heavy atom. The molecule has 2 rings (SSSR count). The van der Waals surface area contributed by atoms with Crippen LogP contribution in [0.1, 0.15) is 18.4 Å². The number of carboxylic acid groups (broad SMARTS) is 1. The Labute approximate surface area is 108 Å². The first-order valence-electron chi connectivity index (χ1n) is 5.27. The molecule has 0 bridgehead atoms. The van der Waals surface area contributed by atoms with E-state index in [1.807, 2.05) is 0 Å². The third-order valence-corrected chi connectivity index (χ3v) is 2.87. The van der Waals surface area contributed by atoms with Crippen LogP contribution in [0.2, 0.25) is 5.02 Å². The maximum absolute atomic E-state index is 11.6. The van der Waals surface area contributed by atoms with Gasteiger partial charge >= 0.3 is 5.97 Å². The fourth-order valence-electron chi connectivity index (χ4n) is 1.57. The summed E-state index contributed by atoms with van der Waals surface area (Å²) in [5.41, 5.74) is 0.662. The van der Waals surface area contributed by atoms with E-state index in [0.29, 0.717) is 10.6 Å². The Kier molecular flexibility index (Phi) is 3.57. The summed E-state index contributed by atoms with van der Waals surface area (Å²) in [6, 6.07) is 1.67. The molecule has 1 amide bonds. The van der Waals surface area contributed by atoms with Gasteiger partial charge in [0.15, 0.2) is 0 Å². The average molecular weight is 268 g/mol. The molecule has 18 heavy (non-hydrogen) atoms. The van der Waals surface area contributed by atoms with Crippen molar-refractivity contribution in [2.24, 2.45) is 5.10 Å². The number of carbonyl (C=O) groups is 2. The summed E-state index contributed by atoms with van der Waals surface area (Å²) in [4.78, 5) is 26.3. The molecule has 0 saturated carbocycles. The van der Waals surface area contributed by atoms with Gasteiger partial charge in [-0.05, 0) is 11.6 Å². The smallest absolute Gasteiger partial charge is 0.352 e. The highest BCUT2D eigenvalue weighted by Crippen LogP contribution is 2.18. The third-order valence-electron chi connectivity index (χ3n) is 2.53. The maximum Gasteiger partial charge on any atom is 0.352 e. The van der Waals surface area contributed by atoms with Crippen LogP contribution in [0.25, 0.3) is 0 Å². The largest absolute Gasteiger partial charge is 0.477 e. The first-order valence-corrected chi connectivity index (χ1v) is 5.65. The van der Waals surface area contributed by atoms with Gasteiger partial charge in [-0.3, -0.25) is 9.78 Å². The van der Waals surface area contributed by atoms with Crippen LogP contribution in [0.4, 0.5) is 0 Å². The van der Waals surface area contributed by atoms with Crippen LogP contribution in [-0.2, 0) is 16.1 Å². The molecule has 94 valence electrons. The number of hydrogen-bond donors (Lipinski definition) is 1. The van der Waals surface area contributed by atoms with Gasteiger partial charge in [0.1, 0.15) is 5.71 Å². The van der Waals surface area contributed by atoms with E-state index in [4.69, 9.17) is 16.7 Å². The number of rotatable bonds is 3. The summed E-state index contributed by atoms with van der Waals surface area (Å²) in [6.07, 6.45) is 3.33. The van der Waals surface area contributed by atoms with Crippen LogP contribution in [-0.4, -0.2) is 32.7 Å². The highest BCUT2D eigenvalue weighted by molar-refractivity contribution is 6.36. The summed E-state index contributed by atoms with van der Waals surface area (Å²) in [7, 11) is 0. The highest BCUT2D eigenvalue weighted by Gasteiger charge is 2.24. The molecule has 0 fully saturated rings. The summed E-state index contributed by atoms with van der Waals surface area (Å²) >= 11 is 5.92. The van der Waals surface area contributed by atoms with Crippen LogP contribution in [0.5, 0.6) is 0 Å². The van der Waals surface area contributed by atoms with Crippen molar-refractivity contribution in [2.45, 2.75) is 19.4 Å². The van der Waals surface area contributed by atoms with Crippen LogP contribution < -0.4 is 0 Å². The van der Waals surface area contributed by atoms with E-state index >= 15 is 0 Å². The Hall–Kier alpha value is -1.95. The van der Waals surface area contributed by atoms with Crippen molar-refractivity contribution >= 4 is 29.2 Å². The molecule has 1 aliphatic rings. The van der Waals surface area contributed by atoms with E-state index in [1.165, 1.54) is 6.20 Å². The normalized spacial score (nSPS) is 15.5. The Morgan fingerprint density at radius 1 is 1.50 bits per heavy atom. The van der Waals surface area contributed by atoms with Crippen molar-refractivity contribution in [3.05, 3.63) is 29.0 Å². The average Bonchev–Trinajstić information content (AvgIpc) is 2.34. The molecular formula is C11H10ClN3O3. The van der Waals surface area contributed by atoms with E-state index < -0.39 is 5.97 Å². The number of carbonyl (C=O) groups excluding carboxylic acids is 1. The summed E-state index contributed by atoms with van der Waals surface area (Å²) in [5, 5.41) is 14.2. The second-order valence-electron chi connectivity index (χ2n) is 3.77. The van der Waals surface area contributed by atoms with Gasteiger partial charge in [-0.1, -0.05) is 11.6 Å². The Balaban J connectivity index is 2.22. The van der Waals surface area contributed by atoms with E-state index in [9.17, 15) is 9.59 Å². The molecule has 2 heterocycles. The summed E-state index contributed by atoms with van der Waals surface area (Å²) in [5.74, 6) is -1.32. The third kappa shape index (κ3) is 2.65. The number of amides is 1. The molecule has 1 aromatic heterocycles. The van der Waals surface area contributed by atoms with Crippen molar-refractivity contribution in [2.75, 3.05) is 0 Å². The molecule has 0 atom stereocenters. The predicted molar refractivity (Wildman–Crippen MR) is 64.1 cm³/mol. The van der Waals surface area contributed by atoms with Gasteiger partial charge in [0.25, 0.3) is 0 Å². The van der Waals surface area contributed by atoms with E-state index in [2.05, 4.69) is 10.1 Å². The monoisotopic (exact) mass is 267 g/mol. The quantitative estimate of drug-likeness (QED) is 0.895. The predicted octanol–water partition coefficient (Wildman–Crippen LogP) is 1.30. The van der Waals surface area contributed by atoms with Gasteiger partial charge in [0.05, 0.1) is 11.6 Å². The highest BCUT2D eigenvalue weighted by atomic mass is 35.5. The van der Waals surface area contributed by atoms with Gasteiger partial charge < -0.3 is 5.11 Å². The zero-order valence-corrected chi connectivity index (χ0v) is 10.1. The number of nitrogens with zero attached hydrogens (tertiary/aromatic N) is 3. The molecule has 1 N–H and O–H groups in total.